The molecule has 0 unspecified atom stereocenters. The lowest BCUT2D eigenvalue weighted by atomic mass is 10.1. The average Bonchev–Trinajstić information content (AvgIpc) is 3.10. The Kier molecular flexibility index (Phi) is 5.08. The summed E-state index contributed by atoms with van der Waals surface area (Å²) in [5.41, 5.74) is 1.10. The summed E-state index contributed by atoms with van der Waals surface area (Å²) in [6, 6.07) is 12.8. The second-order valence-corrected chi connectivity index (χ2v) is 7.05. The van der Waals surface area contributed by atoms with Crippen molar-refractivity contribution >= 4 is 17.7 Å². The number of carbonyl (C=O) groups is 1. The molecule has 2 aromatic carbocycles. The van der Waals surface area contributed by atoms with Crippen molar-refractivity contribution in [1.29, 1.82) is 0 Å². The number of amides is 1. The zero-order chi connectivity index (χ0) is 18.0. The first-order chi connectivity index (χ1) is 11.9. The van der Waals surface area contributed by atoms with E-state index >= 15 is 0 Å². The van der Waals surface area contributed by atoms with Crippen LogP contribution in [-0.4, -0.2) is 23.1 Å². The number of halogens is 3. The number of benzene rings is 2. The van der Waals surface area contributed by atoms with E-state index in [4.69, 9.17) is 0 Å². The van der Waals surface area contributed by atoms with Gasteiger partial charge in [0.2, 0.25) is 0 Å². The summed E-state index contributed by atoms with van der Waals surface area (Å²) in [7, 11) is 0. The van der Waals surface area contributed by atoms with E-state index in [-0.39, 0.29) is 11.5 Å². The number of alkyl halides is 3. The fourth-order valence-electron chi connectivity index (χ4n) is 2.95. The standard InChI is InChI=1S/C19H18F3NOS/c1-2-13-7-9-14(10-8-13)17(24)23-11-12-25-18(23)15-5-3-4-6-16(15)19(20,21)22/h3-10,18H,2,11-12H2,1H3/t18-/m0/s1. The molecule has 1 heterocycles. The average molecular weight is 365 g/mol. The molecule has 25 heavy (non-hydrogen) atoms. The third kappa shape index (κ3) is 3.68. The van der Waals surface area contributed by atoms with Gasteiger partial charge in [-0.3, -0.25) is 4.79 Å². The normalized spacial score (nSPS) is 17.8. The molecule has 0 N–H and O–H groups in total. The molecular weight excluding hydrogens is 347 g/mol. The molecule has 1 saturated heterocycles. The summed E-state index contributed by atoms with van der Waals surface area (Å²) in [4.78, 5) is 14.4. The van der Waals surface area contributed by atoms with E-state index in [2.05, 4.69) is 0 Å². The molecule has 2 nitrogen and oxygen atoms in total. The van der Waals surface area contributed by atoms with Gasteiger partial charge in [0.25, 0.3) is 5.91 Å². The Bertz CT molecular complexity index is 758. The summed E-state index contributed by atoms with van der Waals surface area (Å²) in [6.45, 7) is 2.47. The maximum absolute atomic E-state index is 13.3. The number of hydrogen-bond acceptors (Lipinski definition) is 2. The monoisotopic (exact) mass is 365 g/mol. The zero-order valence-corrected chi connectivity index (χ0v) is 14.5. The third-order valence-electron chi connectivity index (χ3n) is 4.29. The molecule has 0 radical (unpaired) electrons. The fourth-order valence-corrected chi connectivity index (χ4v) is 4.25. The van der Waals surface area contributed by atoms with Crippen LogP contribution in [0, 0.1) is 0 Å². The van der Waals surface area contributed by atoms with Gasteiger partial charge in [-0.15, -0.1) is 11.8 Å². The number of nitrogens with zero attached hydrogens (tertiary/aromatic N) is 1. The van der Waals surface area contributed by atoms with E-state index in [1.807, 2.05) is 19.1 Å². The predicted molar refractivity (Wildman–Crippen MR) is 93.5 cm³/mol. The van der Waals surface area contributed by atoms with Gasteiger partial charge in [-0.25, -0.2) is 0 Å². The molecule has 0 bridgehead atoms. The first kappa shape index (κ1) is 17.9. The Morgan fingerprint density at radius 3 is 2.48 bits per heavy atom. The van der Waals surface area contributed by atoms with Crippen molar-refractivity contribution in [2.24, 2.45) is 0 Å². The van der Waals surface area contributed by atoms with E-state index in [1.54, 1.807) is 18.2 Å². The van der Waals surface area contributed by atoms with Crippen molar-refractivity contribution in [2.75, 3.05) is 12.3 Å². The van der Waals surface area contributed by atoms with Crippen molar-refractivity contribution in [3.8, 4) is 0 Å². The van der Waals surface area contributed by atoms with Gasteiger partial charge in [0.1, 0.15) is 5.37 Å². The topological polar surface area (TPSA) is 20.3 Å². The third-order valence-corrected chi connectivity index (χ3v) is 5.54. The van der Waals surface area contributed by atoms with Crippen molar-refractivity contribution < 1.29 is 18.0 Å². The van der Waals surface area contributed by atoms with Crippen LogP contribution in [0.25, 0.3) is 0 Å². The van der Waals surface area contributed by atoms with E-state index in [9.17, 15) is 18.0 Å². The highest BCUT2D eigenvalue weighted by molar-refractivity contribution is 7.99. The van der Waals surface area contributed by atoms with Crippen LogP contribution in [0.5, 0.6) is 0 Å². The molecule has 0 saturated carbocycles. The molecule has 6 heteroatoms. The van der Waals surface area contributed by atoms with E-state index in [0.29, 0.717) is 17.9 Å². The first-order valence-corrected chi connectivity index (χ1v) is 9.14. The molecular formula is C19H18F3NOS. The molecule has 1 atom stereocenters. The zero-order valence-electron chi connectivity index (χ0n) is 13.7. The van der Waals surface area contributed by atoms with Gasteiger partial charge in [-0.05, 0) is 35.7 Å². The minimum absolute atomic E-state index is 0.149. The molecule has 1 aliphatic heterocycles. The van der Waals surface area contributed by atoms with Crippen LogP contribution in [0.2, 0.25) is 0 Å². The Balaban J connectivity index is 1.92. The molecule has 1 aliphatic rings. The Morgan fingerprint density at radius 2 is 1.84 bits per heavy atom. The lowest BCUT2D eigenvalue weighted by molar-refractivity contribution is -0.138. The molecule has 132 valence electrons. The highest BCUT2D eigenvalue weighted by Gasteiger charge is 2.39. The van der Waals surface area contributed by atoms with Crippen molar-refractivity contribution in [3.63, 3.8) is 0 Å². The second kappa shape index (κ2) is 7.12. The summed E-state index contributed by atoms with van der Waals surface area (Å²) >= 11 is 1.37. The van der Waals surface area contributed by atoms with Crippen molar-refractivity contribution in [1.82, 2.24) is 4.90 Å². The first-order valence-electron chi connectivity index (χ1n) is 8.09. The molecule has 1 amide bonds. The second-order valence-electron chi connectivity index (χ2n) is 5.86. The fraction of sp³-hybridized carbons (Fsp3) is 0.316. The Morgan fingerprint density at radius 1 is 1.16 bits per heavy atom. The quantitative estimate of drug-likeness (QED) is 0.749. The van der Waals surface area contributed by atoms with Crippen LogP contribution in [0.1, 0.15) is 39.3 Å². The van der Waals surface area contributed by atoms with Crippen LogP contribution in [-0.2, 0) is 12.6 Å². The smallest absolute Gasteiger partial charge is 0.322 e. The van der Waals surface area contributed by atoms with Gasteiger partial charge in [0.15, 0.2) is 0 Å². The molecule has 0 spiro atoms. The minimum Gasteiger partial charge on any atom is -0.322 e. The van der Waals surface area contributed by atoms with Crippen LogP contribution in [0.4, 0.5) is 13.2 Å². The highest BCUT2D eigenvalue weighted by atomic mass is 32.2. The number of hydrogen-bond donors (Lipinski definition) is 0. The summed E-state index contributed by atoms with van der Waals surface area (Å²) < 4.78 is 40.0. The Hall–Kier alpha value is -1.95. The number of rotatable bonds is 3. The maximum Gasteiger partial charge on any atom is 0.416 e. The number of thioether (sulfide) groups is 1. The summed E-state index contributed by atoms with van der Waals surface area (Å²) in [5.74, 6) is 0.393. The molecule has 2 aromatic rings. The van der Waals surface area contributed by atoms with Crippen LogP contribution < -0.4 is 0 Å². The van der Waals surface area contributed by atoms with Gasteiger partial charge in [-0.2, -0.15) is 13.2 Å². The lowest BCUT2D eigenvalue weighted by Gasteiger charge is -2.26. The van der Waals surface area contributed by atoms with Crippen LogP contribution in [0.15, 0.2) is 48.5 Å². The van der Waals surface area contributed by atoms with Gasteiger partial charge in [-0.1, -0.05) is 37.3 Å². The van der Waals surface area contributed by atoms with Gasteiger partial charge in [0.05, 0.1) is 5.56 Å². The summed E-state index contributed by atoms with van der Waals surface area (Å²) in [6.07, 6.45) is -3.56. The van der Waals surface area contributed by atoms with Gasteiger partial charge in [0, 0.05) is 17.9 Å². The van der Waals surface area contributed by atoms with Crippen LogP contribution in [0.3, 0.4) is 0 Å². The summed E-state index contributed by atoms with van der Waals surface area (Å²) in [5, 5.41) is -0.615. The molecule has 0 aliphatic carbocycles. The molecule has 0 aromatic heterocycles. The van der Waals surface area contributed by atoms with Gasteiger partial charge >= 0.3 is 6.18 Å². The lowest BCUT2D eigenvalue weighted by Crippen LogP contribution is -2.31. The van der Waals surface area contributed by atoms with E-state index in [0.717, 1.165) is 18.1 Å². The highest BCUT2D eigenvalue weighted by Crippen LogP contribution is 2.44. The predicted octanol–water partition coefficient (Wildman–Crippen LogP) is 5.16. The molecule has 1 fully saturated rings. The Labute approximate surface area is 149 Å². The molecule has 3 rings (SSSR count). The maximum atomic E-state index is 13.3. The number of aryl methyl sites for hydroxylation is 1. The van der Waals surface area contributed by atoms with Gasteiger partial charge < -0.3 is 4.90 Å². The number of carbonyl (C=O) groups excluding carboxylic acids is 1. The largest absolute Gasteiger partial charge is 0.416 e. The van der Waals surface area contributed by atoms with E-state index in [1.165, 1.54) is 28.8 Å². The minimum atomic E-state index is -4.43. The van der Waals surface area contributed by atoms with E-state index < -0.39 is 17.1 Å². The van der Waals surface area contributed by atoms with Crippen molar-refractivity contribution in [3.05, 3.63) is 70.8 Å². The SMILES string of the molecule is CCc1ccc(C(=O)N2CCS[C@H]2c2ccccc2C(F)(F)F)cc1. The van der Waals surface area contributed by atoms with Crippen molar-refractivity contribution in [2.45, 2.75) is 24.9 Å². The van der Waals surface area contributed by atoms with Crippen LogP contribution >= 0.6 is 11.8 Å².